The molecule has 0 spiro atoms. The van der Waals surface area contributed by atoms with Crippen LogP contribution in [0, 0.1) is 6.92 Å². The summed E-state index contributed by atoms with van der Waals surface area (Å²) in [5, 5.41) is 8.77. The minimum atomic E-state index is -0.833. The second-order valence-electron chi connectivity index (χ2n) is 1.56. The highest BCUT2D eigenvalue weighted by Gasteiger charge is 2.05. The van der Waals surface area contributed by atoms with E-state index in [0.29, 0.717) is 5.57 Å². The van der Waals surface area contributed by atoms with Crippen molar-refractivity contribution in [3.05, 3.63) is 30.9 Å². The molecular formula is C6H7O2. The predicted octanol–water partition coefficient (Wildman–Crippen LogP) is 0.609. The quantitative estimate of drug-likeness (QED) is 0.496. The zero-order valence-corrected chi connectivity index (χ0v) is 4.37. The first-order valence-corrected chi connectivity index (χ1v) is 2.33. The van der Waals surface area contributed by atoms with Gasteiger partial charge in [0.05, 0.1) is 6.26 Å². The molecule has 1 heterocycles. The second-order valence-corrected chi connectivity index (χ2v) is 1.56. The molecule has 1 radical (unpaired) electrons. The maximum Gasteiger partial charge on any atom is 0.219 e. The lowest BCUT2D eigenvalue weighted by molar-refractivity contribution is -0.0205. The van der Waals surface area contributed by atoms with Crippen LogP contribution in [0.1, 0.15) is 0 Å². The van der Waals surface area contributed by atoms with E-state index in [9.17, 15) is 0 Å². The zero-order valence-electron chi connectivity index (χ0n) is 4.37. The molecule has 1 atom stereocenters. The van der Waals surface area contributed by atoms with Crippen LogP contribution in [0.5, 0.6) is 0 Å². The van der Waals surface area contributed by atoms with Crippen molar-refractivity contribution in [2.24, 2.45) is 0 Å². The molecule has 1 N–H and O–H groups in total. The molecule has 1 unspecified atom stereocenters. The monoisotopic (exact) mass is 111 g/mol. The number of hydrogen-bond donors (Lipinski definition) is 1. The van der Waals surface area contributed by atoms with Gasteiger partial charge in [-0.05, 0) is 18.6 Å². The van der Waals surface area contributed by atoms with Crippen molar-refractivity contribution < 1.29 is 9.84 Å². The third-order valence-electron chi connectivity index (χ3n) is 0.914. The summed E-state index contributed by atoms with van der Waals surface area (Å²) >= 11 is 0. The zero-order chi connectivity index (χ0) is 5.98. The number of aliphatic hydroxyl groups excluding tert-OH is 1. The van der Waals surface area contributed by atoms with E-state index in [1.165, 1.54) is 6.26 Å². The molecule has 2 heteroatoms. The summed E-state index contributed by atoms with van der Waals surface area (Å²) < 4.78 is 4.63. The second kappa shape index (κ2) is 2.01. The smallest absolute Gasteiger partial charge is 0.219 e. The highest BCUT2D eigenvalue weighted by atomic mass is 16.6. The Hall–Kier alpha value is -0.760. The van der Waals surface area contributed by atoms with Gasteiger partial charge in [-0.3, -0.25) is 0 Å². The number of allylic oxidation sites excluding steroid dienone is 2. The Morgan fingerprint density at radius 2 is 2.50 bits per heavy atom. The predicted molar refractivity (Wildman–Crippen MR) is 29.7 cm³/mol. The summed E-state index contributed by atoms with van der Waals surface area (Å²) in [6, 6.07) is 0. The average molecular weight is 111 g/mol. The van der Waals surface area contributed by atoms with Crippen molar-refractivity contribution in [2.75, 3.05) is 0 Å². The van der Waals surface area contributed by atoms with Crippen LogP contribution in [-0.2, 0) is 4.74 Å². The Kier molecular flexibility index (Phi) is 1.35. The SMILES string of the molecule is [CH2]C1=CC=COC1O. The fraction of sp³-hybridized carbons (Fsp3) is 0.167. The maximum atomic E-state index is 8.77. The van der Waals surface area contributed by atoms with Crippen LogP contribution >= 0.6 is 0 Å². The van der Waals surface area contributed by atoms with Gasteiger partial charge in [0, 0.05) is 0 Å². The van der Waals surface area contributed by atoms with Gasteiger partial charge in [0.1, 0.15) is 0 Å². The fourth-order valence-electron chi connectivity index (χ4n) is 0.452. The van der Waals surface area contributed by atoms with E-state index in [0.717, 1.165) is 0 Å². The highest BCUT2D eigenvalue weighted by Crippen LogP contribution is 2.07. The summed E-state index contributed by atoms with van der Waals surface area (Å²) in [4.78, 5) is 0. The number of rotatable bonds is 0. The lowest BCUT2D eigenvalue weighted by Gasteiger charge is -2.12. The Morgan fingerprint density at radius 3 is 2.88 bits per heavy atom. The fourth-order valence-corrected chi connectivity index (χ4v) is 0.452. The first-order chi connectivity index (χ1) is 3.80. The van der Waals surface area contributed by atoms with E-state index >= 15 is 0 Å². The van der Waals surface area contributed by atoms with E-state index in [4.69, 9.17) is 5.11 Å². The lowest BCUT2D eigenvalue weighted by atomic mass is 10.2. The molecule has 0 aliphatic carbocycles. The largest absolute Gasteiger partial charge is 0.469 e. The molecule has 0 saturated carbocycles. The molecule has 0 fully saturated rings. The van der Waals surface area contributed by atoms with Gasteiger partial charge in [-0.1, -0.05) is 6.08 Å². The Morgan fingerprint density at radius 1 is 1.75 bits per heavy atom. The maximum absolute atomic E-state index is 8.77. The first kappa shape index (κ1) is 5.38. The van der Waals surface area contributed by atoms with Crippen molar-refractivity contribution in [3.63, 3.8) is 0 Å². The van der Waals surface area contributed by atoms with Gasteiger partial charge >= 0.3 is 0 Å². The van der Waals surface area contributed by atoms with Crippen LogP contribution in [0.4, 0.5) is 0 Å². The van der Waals surface area contributed by atoms with E-state index in [-0.39, 0.29) is 0 Å². The molecule has 43 valence electrons. The molecule has 0 amide bonds. The first-order valence-electron chi connectivity index (χ1n) is 2.33. The van der Waals surface area contributed by atoms with Crippen LogP contribution in [0.25, 0.3) is 0 Å². The van der Waals surface area contributed by atoms with E-state index < -0.39 is 6.29 Å². The normalized spacial score (nSPS) is 26.8. The van der Waals surface area contributed by atoms with Crippen molar-refractivity contribution in [2.45, 2.75) is 6.29 Å². The molecular weight excluding hydrogens is 104 g/mol. The van der Waals surface area contributed by atoms with Crippen molar-refractivity contribution in [1.82, 2.24) is 0 Å². The topological polar surface area (TPSA) is 29.5 Å². The summed E-state index contributed by atoms with van der Waals surface area (Å²) in [6.07, 6.45) is 3.99. The standard InChI is InChI=1S/C6H7O2/c1-5-3-2-4-8-6(5)7/h2-4,6-7H,1H2. The molecule has 2 nitrogen and oxygen atoms in total. The van der Waals surface area contributed by atoms with Gasteiger partial charge in [-0.2, -0.15) is 0 Å². The van der Waals surface area contributed by atoms with E-state index in [2.05, 4.69) is 11.7 Å². The van der Waals surface area contributed by atoms with Crippen molar-refractivity contribution >= 4 is 0 Å². The Labute approximate surface area is 48.1 Å². The van der Waals surface area contributed by atoms with Crippen LogP contribution < -0.4 is 0 Å². The van der Waals surface area contributed by atoms with E-state index in [1.807, 2.05) is 0 Å². The molecule has 0 aromatic rings. The van der Waals surface area contributed by atoms with Gasteiger partial charge in [0.2, 0.25) is 6.29 Å². The Bertz CT molecular complexity index is 135. The molecule has 8 heavy (non-hydrogen) atoms. The van der Waals surface area contributed by atoms with Crippen molar-refractivity contribution in [1.29, 1.82) is 0 Å². The summed E-state index contributed by atoms with van der Waals surface area (Å²) in [5.74, 6) is 0. The minimum absolute atomic E-state index is 0.590. The molecule has 0 bridgehead atoms. The summed E-state index contributed by atoms with van der Waals surface area (Å²) in [7, 11) is 0. The van der Waals surface area contributed by atoms with Gasteiger partial charge in [0.15, 0.2) is 0 Å². The minimum Gasteiger partial charge on any atom is -0.469 e. The number of aliphatic hydroxyl groups is 1. The third-order valence-corrected chi connectivity index (χ3v) is 0.914. The van der Waals surface area contributed by atoms with Crippen molar-refractivity contribution in [3.8, 4) is 0 Å². The average Bonchev–Trinajstić information content (AvgIpc) is 1.77. The summed E-state index contributed by atoms with van der Waals surface area (Å²) in [5.41, 5.74) is 0.590. The molecule has 1 aliphatic rings. The molecule has 0 aromatic heterocycles. The Balaban J connectivity index is 2.66. The number of hydrogen-bond acceptors (Lipinski definition) is 2. The van der Waals surface area contributed by atoms with E-state index in [1.54, 1.807) is 12.2 Å². The molecule has 1 rings (SSSR count). The van der Waals surface area contributed by atoms with Crippen LogP contribution in [-0.4, -0.2) is 11.4 Å². The highest BCUT2D eigenvalue weighted by molar-refractivity contribution is 5.18. The van der Waals surface area contributed by atoms with Gasteiger partial charge < -0.3 is 9.84 Å². The van der Waals surface area contributed by atoms with Crippen LogP contribution in [0.2, 0.25) is 0 Å². The number of ether oxygens (including phenoxy) is 1. The summed E-state index contributed by atoms with van der Waals surface area (Å²) in [6.45, 7) is 3.51. The van der Waals surface area contributed by atoms with Gasteiger partial charge in [0.25, 0.3) is 0 Å². The third kappa shape index (κ3) is 0.898. The molecule has 1 aliphatic heterocycles. The van der Waals surface area contributed by atoms with Gasteiger partial charge in [-0.15, -0.1) is 0 Å². The molecule has 0 saturated heterocycles. The van der Waals surface area contributed by atoms with Gasteiger partial charge in [-0.25, -0.2) is 0 Å². The molecule has 0 aromatic carbocycles. The van der Waals surface area contributed by atoms with Crippen LogP contribution in [0.15, 0.2) is 24.0 Å². The lowest BCUT2D eigenvalue weighted by Crippen LogP contribution is -2.11. The van der Waals surface area contributed by atoms with Crippen LogP contribution in [0.3, 0.4) is 0 Å².